The van der Waals surface area contributed by atoms with Crippen LogP contribution in [0.25, 0.3) is 5.69 Å². The number of hydrogen-bond acceptors (Lipinski definition) is 4. The van der Waals surface area contributed by atoms with Crippen LogP contribution in [-0.4, -0.2) is 37.6 Å². The van der Waals surface area contributed by atoms with Crippen LogP contribution < -0.4 is 10.6 Å². The summed E-state index contributed by atoms with van der Waals surface area (Å²) < 4.78 is 4.18. The normalized spacial score (nSPS) is 13.6. The van der Waals surface area contributed by atoms with Crippen LogP contribution in [0.5, 0.6) is 0 Å². The average Bonchev–Trinajstić information content (AvgIpc) is 3.39. The van der Waals surface area contributed by atoms with E-state index in [2.05, 4.69) is 60.6 Å². The summed E-state index contributed by atoms with van der Waals surface area (Å²) in [4.78, 5) is 4.33. The van der Waals surface area contributed by atoms with E-state index < -0.39 is 0 Å². The van der Waals surface area contributed by atoms with E-state index in [0.717, 1.165) is 59.6 Å². The lowest BCUT2D eigenvalue weighted by atomic mass is 10.1. The lowest BCUT2D eigenvalue weighted by molar-refractivity contribution is 0.662. The van der Waals surface area contributed by atoms with E-state index >= 15 is 0 Å². The maximum atomic E-state index is 4.62. The molecule has 3 heterocycles. The summed E-state index contributed by atoms with van der Waals surface area (Å²) in [5.74, 6) is 2.77. The van der Waals surface area contributed by atoms with Crippen LogP contribution in [-0.2, 0) is 26.1 Å². The molecule has 0 atom stereocenters. The van der Waals surface area contributed by atoms with E-state index in [1.807, 2.05) is 23.7 Å². The molecule has 4 rings (SSSR count). The second kappa shape index (κ2) is 7.84. The molecule has 1 aliphatic heterocycles. The number of benzene rings is 1. The van der Waals surface area contributed by atoms with Crippen molar-refractivity contribution in [2.45, 2.75) is 46.3 Å². The monoisotopic (exact) mass is 378 g/mol. The van der Waals surface area contributed by atoms with Gasteiger partial charge in [-0.05, 0) is 38.0 Å². The fourth-order valence-electron chi connectivity index (χ4n) is 3.64. The van der Waals surface area contributed by atoms with Crippen LogP contribution in [0.3, 0.4) is 0 Å². The van der Waals surface area contributed by atoms with Gasteiger partial charge in [0.15, 0.2) is 11.8 Å². The molecule has 3 aromatic rings. The molecule has 0 aliphatic carbocycles. The van der Waals surface area contributed by atoms with Gasteiger partial charge in [0.25, 0.3) is 0 Å². The maximum Gasteiger partial charge on any atom is 0.191 e. The molecule has 1 aromatic carbocycles. The Labute approximate surface area is 164 Å². The molecule has 8 heteroatoms. The Morgan fingerprint density at radius 3 is 2.75 bits per heavy atom. The Morgan fingerprint density at radius 1 is 1.14 bits per heavy atom. The second-order valence-corrected chi connectivity index (χ2v) is 7.03. The predicted molar refractivity (Wildman–Crippen MR) is 108 cm³/mol. The molecule has 0 saturated carbocycles. The van der Waals surface area contributed by atoms with Crippen LogP contribution >= 0.6 is 0 Å². The van der Waals surface area contributed by atoms with Crippen molar-refractivity contribution in [1.82, 2.24) is 35.2 Å². The Kier molecular flexibility index (Phi) is 5.10. The molecule has 28 heavy (non-hydrogen) atoms. The Morgan fingerprint density at radius 2 is 1.96 bits per heavy atom. The van der Waals surface area contributed by atoms with Gasteiger partial charge in [0.05, 0.1) is 17.9 Å². The third-order valence-corrected chi connectivity index (χ3v) is 5.00. The van der Waals surface area contributed by atoms with Crippen molar-refractivity contribution in [3.05, 3.63) is 58.9 Å². The van der Waals surface area contributed by atoms with Crippen LogP contribution in [0.1, 0.15) is 35.0 Å². The largest absolute Gasteiger partial charge is 0.352 e. The smallest absolute Gasteiger partial charge is 0.191 e. The average molecular weight is 378 g/mol. The Balaban J connectivity index is 1.42. The highest BCUT2D eigenvalue weighted by Gasteiger charge is 2.17. The van der Waals surface area contributed by atoms with Crippen molar-refractivity contribution in [1.29, 1.82) is 0 Å². The molecule has 146 valence electrons. The highest BCUT2D eigenvalue weighted by molar-refractivity contribution is 5.79. The lowest BCUT2D eigenvalue weighted by Gasteiger charge is -2.15. The van der Waals surface area contributed by atoms with E-state index in [9.17, 15) is 0 Å². The van der Waals surface area contributed by atoms with Crippen LogP contribution in [0.4, 0.5) is 0 Å². The minimum atomic E-state index is 0.603. The quantitative estimate of drug-likeness (QED) is 0.523. The summed E-state index contributed by atoms with van der Waals surface area (Å²) in [5.41, 5.74) is 4.36. The summed E-state index contributed by atoms with van der Waals surface area (Å²) in [6, 6.07) is 10.4. The standard InChI is InChI=1S/C20H26N8/c1-14-11-15(2)28(26-14)17-8-5-4-7-16(17)12-22-20(21-3)23-13-19-25-24-18-9-6-10-27(18)19/h4-5,7-8,11H,6,9-10,12-13H2,1-3H3,(H2,21,22,23). The molecular formula is C20H26N8. The van der Waals surface area contributed by atoms with Crippen molar-refractivity contribution in [3.63, 3.8) is 0 Å². The van der Waals surface area contributed by atoms with Crippen molar-refractivity contribution in [3.8, 4) is 5.69 Å². The molecule has 0 saturated heterocycles. The number of aryl methyl sites for hydroxylation is 3. The van der Waals surface area contributed by atoms with Gasteiger partial charge in [-0.2, -0.15) is 5.10 Å². The number of rotatable bonds is 5. The Bertz CT molecular complexity index is 998. The maximum absolute atomic E-state index is 4.62. The number of nitrogens with zero attached hydrogens (tertiary/aromatic N) is 6. The van der Waals surface area contributed by atoms with Crippen LogP contribution in [0, 0.1) is 13.8 Å². The van der Waals surface area contributed by atoms with Crippen molar-refractivity contribution in [2.24, 2.45) is 4.99 Å². The molecule has 0 amide bonds. The third-order valence-electron chi connectivity index (χ3n) is 5.00. The number of guanidine groups is 1. The molecule has 2 aromatic heterocycles. The molecule has 8 nitrogen and oxygen atoms in total. The topological polar surface area (TPSA) is 84.9 Å². The summed E-state index contributed by atoms with van der Waals surface area (Å²) in [6.07, 6.45) is 2.16. The number of aliphatic imine (C=N–C) groups is 1. The number of aromatic nitrogens is 5. The molecule has 2 N–H and O–H groups in total. The first-order chi connectivity index (χ1) is 13.7. The summed E-state index contributed by atoms with van der Waals surface area (Å²) in [6.45, 7) is 6.33. The van der Waals surface area contributed by atoms with E-state index in [4.69, 9.17) is 0 Å². The van der Waals surface area contributed by atoms with Gasteiger partial charge in [-0.1, -0.05) is 18.2 Å². The van der Waals surface area contributed by atoms with E-state index in [-0.39, 0.29) is 0 Å². The van der Waals surface area contributed by atoms with E-state index in [0.29, 0.717) is 13.1 Å². The number of hydrogen-bond donors (Lipinski definition) is 2. The van der Waals surface area contributed by atoms with Crippen molar-refractivity contribution < 1.29 is 0 Å². The highest BCUT2D eigenvalue weighted by Crippen LogP contribution is 2.17. The zero-order valence-corrected chi connectivity index (χ0v) is 16.6. The molecule has 0 radical (unpaired) electrons. The van der Waals surface area contributed by atoms with Gasteiger partial charge in [-0.15, -0.1) is 10.2 Å². The predicted octanol–water partition coefficient (Wildman–Crippen LogP) is 1.89. The first kappa shape index (κ1) is 18.2. The zero-order valence-electron chi connectivity index (χ0n) is 16.6. The summed E-state index contributed by atoms with van der Waals surface area (Å²) >= 11 is 0. The minimum absolute atomic E-state index is 0.603. The fourth-order valence-corrected chi connectivity index (χ4v) is 3.64. The first-order valence-corrected chi connectivity index (χ1v) is 9.62. The van der Waals surface area contributed by atoms with Gasteiger partial charge in [-0.3, -0.25) is 4.99 Å². The molecule has 0 spiro atoms. The minimum Gasteiger partial charge on any atom is -0.352 e. The third kappa shape index (κ3) is 3.62. The lowest BCUT2D eigenvalue weighted by Crippen LogP contribution is -2.37. The molecule has 0 fully saturated rings. The van der Waals surface area contributed by atoms with Gasteiger partial charge in [0.1, 0.15) is 5.82 Å². The van der Waals surface area contributed by atoms with Crippen LogP contribution in [0.2, 0.25) is 0 Å². The molecule has 0 bridgehead atoms. The molecular weight excluding hydrogens is 352 g/mol. The van der Waals surface area contributed by atoms with Gasteiger partial charge >= 0.3 is 0 Å². The van der Waals surface area contributed by atoms with Crippen LogP contribution in [0.15, 0.2) is 35.3 Å². The number of para-hydroxylation sites is 1. The highest BCUT2D eigenvalue weighted by atomic mass is 15.3. The summed E-state index contributed by atoms with van der Waals surface area (Å²) in [5, 5.41) is 19.9. The van der Waals surface area contributed by atoms with E-state index in [1.54, 1.807) is 7.05 Å². The first-order valence-electron chi connectivity index (χ1n) is 9.62. The second-order valence-electron chi connectivity index (χ2n) is 7.03. The molecule has 0 unspecified atom stereocenters. The van der Waals surface area contributed by atoms with Gasteiger partial charge in [0.2, 0.25) is 0 Å². The number of nitrogens with one attached hydrogen (secondary N) is 2. The Hall–Kier alpha value is -3.16. The fraction of sp³-hybridized carbons (Fsp3) is 0.400. The molecule has 1 aliphatic rings. The van der Waals surface area contributed by atoms with Crippen molar-refractivity contribution in [2.75, 3.05) is 7.05 Å². The van der Waals surface area contributed by atoms with Gasteiger partial charge in [0, 0.05) is 32.3 Å². The van der Waals surface area contributed by atoms with Gasteiger partial charge in [-0.25, -0.2) is 4.68 Å². The SMILES string of the molecule is CN=C(NCc1ccccc1-n1nc(C)cc1C)NCc1nnc2n1CCC2. The van der Waals surface area contributed by atoms with Gasteiger partial charge < -0.3 is 15.2 Å². The zero-order chi connectivity index (χ0) is 19.5. The number of fused-ring (bicyclic) bond motifs is 1. The summed E-state index contributed by atoms with van der Waals surface area (Å²) in [7, 11) is 1.77. The van der Waals surface area contributed by atoms with Crippen molar-refractivity contribution >= 4 is 5.96 Å². The van der Waals surface area contributed by atoms with E-state index in [1.165, 1.54) is 0 Å².